The number of hydrogen-bond acceptors (Lipinski definition) is 6. The van der Waals surface area contributed by atoms with Gasteiger partial charge in [0.15, 0.2) is 0 Å². The molecule has 25 heavy (non-hydrogen) atoms. The second-order valence-electron chi connectivity index (χ2n) is 6.02. The average Bonchev–Trinajstić information content (AvgIpc) is 3.14. The quantitative estimate of drug-likeness (QED) is 0.823. The van der Waals surface area contributed by atoms with Crippen LogP contribution in [0.15, 0.2) is 35.4 Å². The lowest BCUT2D eigenvalue weighted by molar-refractivity contribution is 0.477. The predicted molar refractivity (Wildman–Crippen MR) is 98.7 cm³/mol. The third kappa shape index (κ3) is 3.91. The van der Waals surface area contributed by atoms with Crippen molar-refractivity contribution in [3.8, 4) is 0 Å². The van der Waals surface area contributed by atoms with E-state index in [2.05, 4.69) is 20.6 Å². The zero-order valence-corrected chi connectivity index (χ0v) is 15.3. The maximum absolute atomic E-state index is 12.7. The highest BCUT2D eigenvalue weighted by Crippen LogP contribution is 2.25. The molecule has 2 N–H and O–H groups in total. The Kier molecular flexibility index (Phi) is 5.19. The molecular weight excluding hydrogens is 338 g/mol. The maximum atomic E-state index is 12.7. The van der Waals surface area contributed by atoms with Gasteiger partial charge in [-0.1, -0.05) is 6.07 Å². The molecule has 3 rings (SSSR count). The van der Waals surface area contributed by atoms with E-state index in [-0.39, 0.29) is 0 Å². The van der Waals surface area contributed by atoms with E-state index in [0.29, 0.717) is 35.4 Å². The first-order valence-electron chi connectivity index (χ1n) is 8.45. The van der Waals surface area contributed by atoms with Crippen LogP contribution >= 0.6 is 0 Å². The van der Waals surface area contributed by atoms with E-state index < -0.39 is 10.0 Å². The number of benzene rings is 1. The molecule has 1 aromatic heterocycles. The molecule has 1 fully saturated rings. The van der Waals surface area contributed by atoms with Gasteiger partial charge in [0.25, 0.3) is 0 Å². The first kappa shape index (κ1) is 17.6. The van der Waals surface area contributed by atoms with Gasteiger partial charge in [-0.15, -0.1) is 0 Å². The van der Waals surface area contributed by atoms with Gasteiger partial charge in [-0.05, 0) is 44.9 Å². The van der Waals surface area contributed by atoms with Crippen LogP contribution in [-0.4, -0.2) is 42.3 Å². The molecule has 0 atom stereocenters. The summed E-state index contributed by atoms with van der Waals surface area (Å²) in [5, 5.41) is 6.27. The smallest absolute Gasteiger partial charge is 0.243 e. The molecule has 0 spiro atoms. The lowest BCUT2D eigenvalue weighted by Gasteiger charge is -2.16. The van der Waals surface area contributed by atoms with Gasteiger partial charge in [0.05, 0.1) is 4.90 Å². The number of anilines is 3. The number of aromatic nitrogens is 2. The van der Waals surface area contributed by atoms with Crippen molar-refractivity contribution < 1.29 is 8.42 Å². The molecule has 1 aliphatic rings. The lowest BCUT2D eigenvalue weighted by atomic mass is 10.3. The highest BCUT2D eigenvalue weighted by Gasteiger charge is 2.27. The Bertz CT molecular complexity index is 848. The Morgan fingerprint density at radius 2 is 2.00 bits per heavy atom. The van der Waals surface area contributed by atoms with Crippen molar-refractivity contribution in [3.63, 3.8) is 0 Å². The molecule has 0 bridgehead atoms. The van der Waals surface area contributed by atoms with Crippen molar-refractivity contribution in [2.75, 3.05) is 30.3 Å². The van der Waals surface area contributed by atoms with Crippen molar-refractivity contribution in [2.24, 2.45) is 0 Å². The van der Waals surface area contributed by atoms with Crippen molar-refractivity contribution in [1.82, 2.24) is 14.3 Å². The first-order chi connectivity index (χ1) is 12.0. The summed E-state index contributed by atoms with van der Waals surface area (Å²) in [5.41, 5.74) is 1.57. The predicted octanol–water partition coefficient (Wildman–Crippen LogP) is 2.74. The van der Waals surface area contributed by atoms with E-state index >= 15 is 0 Å². The minimum atomic E-state index is -3.43. The Labute approximate surface area is 148 Å². The second kappa shape index (κ2) is 7.37. The summed E-state index contributed by atoms with van der Waals surface area (Å²) in [6.45, 7) is 5.80. The van der Waals surface area contributed by atoms with Gasteiger partial charge in [0.2, 0.25) is 16.0 Å². The minimum Gasteiger partial charge on any atom is -0.354 e. The lowest BCUT2D eigenvalue weighted by Crippen LogP contribution is -2.27. The fraction of sp³-hybridized carbons (Fsp3) is 0.412. The Morgan fingerprint density at radius 1 is 1.24 bits per heavy atom. The molecule has 1 aliphatic heterocycles. The Balaban J connectivity index is 1.86. The summed E-state index contributed by atoms with van der Waals surface area (Å²) >= 11 is 0. The van der Waals surface area contributed by atoms with Crippen LogP contribution in [0.3, 0.4) is 0 Å². The van der Waals surface area contributed by atoms with Gasteiger partial charge >= 0.3 is 0 Å². The van der Waals surface area contributed by atoms with E-state index in [1.165, 1.54) is 0 Å². The maximum Gasteiger partial charge on any atom is 0.243 e. The van der Waals surface area contributed by atoms with Crippen molar-refractivity contribution in [2.45, 2.75) is 31.6 Å². The summed E-state index contributed by atoms with van der Waals surface area (Å²) < 4.78 is 27.0. The van der Waals surface area contributed by atoms with Crippen LogP contribution in [0.5, 0.6) is 0 Å². The highest BCUT2D eigenvalue weighted by molar-refractivity contribution is 7.89. The summed E-state index contributed by atoms with van der Waals surface area (Å²) in [7, 11) is -3.43. The third-order valence-electron chi connectivity index (χ3n) is 4.11. The number of rotatable bonds is 6. The molecular formula is C17H23N5O2S. The largest absolute Gasteiger partial charge is 0.354 e. The normalized spacial score (nSPS) is 15.3. The van der Waals surface area contributed by atoms with Crippen LogP contribution in [0, 0.1) is 6.92 Å². The number of aryl methyl sites for hydroxylation is 1. The number of sulfonamides is 1. The van der Waals surface area contributed by atoms with Crippen LogP contribution in [0.4, 0.5) is 17.5 Å². The monoisotopic (exact) mass is 361 g/mol. The Hall–Kier alpha value is -2.19. The van der Waals surface area contributed by atoms with Crippen molar-refractivity contribution in [1.29, 1.82) is 0 Å². The fourth-order valence-electron chi connectivity index (χ4n) is 2.76. The van der Waals surface area contributed by atoms with E-state index in [1.807, 2.05) is 19.9 Å². The molecule has 7 nitrogen and oxygen atoms in total. The Morgan fingerprint density at radius 3 is 2.72 bits per heavy atom. The van der Waals surface area contributed by atoms with Crippen LogP contribution in [0.2, 0.25) is 0 Å². The summed E-state index contributed by atoms with van der Waals surface area (Å²) in [6, 6.07) is 6.86. The zero-order chi connectivity index (χ0) is 17.9. The standard InChI is InChI=1S/C17H23N5O2S/c1-3-18-17-19-12-13(2)16(21-17)20-14-7-6-8-15(11-14)25(23,24)22-9-4-5-10-22/h6-8,11-12H,3-5,9-10H2,1-2H3,(H2,18,19,20,21). The average molecular weight is 361 g/mol. The number of nitrogens with zero attached hydrogens (tertiary/aromatic N) is 3. The molecule has 2 heterocycles. The summed E-state index contributed by atoms with van der Waals surface area (Å²) in [4.78, 5) is 8.95. The van der Waals surface area contributed by atoms with Gasteiger partial charge in [-0.3, -0.25) is 0 Å². The van der Waals surface area contributed by atoms with E-state index in [0.717, 1.165) is 24.9 Å². The van der Waals surface area contributed by atoms with Gasteiger partial charge in [-0.2, -0.15) is 9.29 Å². The van der Waals surface area contributed by atoms with Crippen molar-refractivity contribution >= 4 is 27.5 Å². The second-order valence-corrected chi connectivity index (χ2v) is 7.96. The molecule has 1 aromatic carbocycles. The number of hydrogen-bond donors (Lipinski definition) is 2. The summed E-state index contributed by atoms with van der Waals surface area (Å²) in [5.74, 6) is 1.19. The van der Waals surface area contributed by atoms with Gasteiger partial charge in [0.1, 0.15) is 5.82 Å². The molecule has 0 saturated carbocycles. The molecule has 0 amide bonds. The van der Waals surface area contributed by atoms with Gasteiger partial charge < -0.3 is 10.6 Å². The molecule has 0 unspecified atom stereocenters. The fourth-order valence-corrected chi connectivity index (χ4v) is 4.32. The van der Waals surface area contributed by atoms with Crippen LogP contribution in [-0.2, 0) is 10.0 Å². The first-order valence-corrected chi connectivity index (χ1v) is 9.89. The molecule has 0 radical (unpaired) electrons. The SMILES string of the molecule is CCNc1ncc(C)c(Nc2cccc(S(=O)(=O)N3CCCC3)c2)n1. The van der Waals surface area contributed by atoms with Crippen LogP contribution in [0.25, 0.3) is 0 Å². The van der Waals surface area contributed by atoms with E-state index in [9.17, 15) is 8.42 Å². The van der Waals surface area contributed by atoms with Crippen molar-refractivity contribution in [3.05, 3.63) is 36.0 Å². The molecule has 8 heteroatoms. The third-order valence-corrected chi connectivity index (χ3v) is 6.00. The van der Waals surface area contributed by atoms with E-state index in [1.54, 1.807) is 28.7 Å². The van der Waals surface area contributed by atoms with Gasteiger partial charge in [-0.25, -0.2) is 13.4 Å². The zero-order valence-electron chi connectivity index (χ0n) is 14.5. The highest BCUT2D eigenvalue weighted by atomic mass is 32.2. The number of nitrogens with one attached hydrogen (secondary N) is 2. The molecule has 134 valence electrons. The molecule has 0 aliphatic carbocycles. The summed E-state index contributed by atoms with van der Waals surface area (Å²) in [6.07, 6.45) is 3.58. The van der Waals surface area contributed by atoms with E-state index in [4.69, 9.17) is 0 Å². The molecule has 1 saturated heterocycles. The van der Waals surface area contributed by atoms with Gasteiger partial charge in [0, 0.05) is 37.1 Å². The topological polar surface area (TPSA) is 87.2 Å². The minimum absolute atomic E-state index is 0.304. The molecule has 2 aromatic rings. The van der Waals surface area contributed by atoms with Crippen LogP contribution in [0.1, 0.15) is 25.3 Å². The van der Waals surface area contributed by atoms with Crippen LogP contribution < -0.4 is 10.6 Å².